The van der Waals surface area contributed by atoms with Gasteiger partial charge in [-0.15, -0.1) is 0 Å². The van der Waals surface area contributed by atoms with Gasteiger partial charge in [0.15, 0.2) is 0 Å². The first-order chi connectivity index (χ1) is 10.9. The molecule has 2 heterocycles. The Bertz CT molecular complexity index is 855. The first-order valence-corrected chi connectivity index (χ1v) is 9.39. The molecule has 2 aromatic rings. The van der Waals surface area contributed by atoms with E-state index in [2.05, 4.69) is 5.10 Å². The fraction of sp³-hybridized carbons (Fsp3) is 0.467. The molecule has 0 bridgehead atoms. The number of rotatable bonds is 3. The first kappa shape index (κ1) is 15.9. The SMILES string of the molecule is Cn1nc(C2CCCN(S(C)(=O)=O)C2)n(-c2ccccc2)c1=O. The molecule has 1 aliphatic heterocycles. The maximum absolute atomic E-state index is 12.4. The Hall–Kier alpha value is -1.93. The third-order valence-corrected chi connectivity index (χ3v) is 5.45. The van der Waals surface area contributed by atoms with Crippen molar-refractivity contribution < 1.29 is 8.42 Å². The molecule has 23 heavy (non-hydrogen) atoms. The lowest BCUT2D eigenvalue weighted by molar-refractivity contribution is 0.308. The number of sulfonamides is 1. The van der Waals surface area contributed by atoms with Crippen LogP contribution in [0.1, 0.15) is 24.6 Å². The van der Waals surface area contributed by atoms with E-state index >= 15 is 0 Å². The summed E-state index contributed by atoms with van der Waals surface area (Å²) in [5.41, 5.74) is 0.528. The van der Waals surface area contributed by atoms with E-state index < -0.39 is 10.0 Å². The Morgan fingerprint density at radius 1 is 1.22 bits per heavy atom. The third-order valence-electron chi connectivity index (χ3n) is 4.18. The fourth-order valence-corrected chi connectivity index (χ4v) is 3.93. The van der Waals surface area contributed by atoms with Gasteiger partial charge < -0.3 is 0 Å². The Morgan fingerprint density at radius 2 is 1.91 bits per heavy atom. The number of benzene rings is 1. The van der Waals surface area contributed by atoms with Gasteiger partial charge in [0.1, 0.15) is 5.82 Å². The molecular weight excluding hydrogens is 316 g/mol. The summed E-state index contributed by atoms with van der Waals surface area (Å²) in [6, 6.07) is 9.31. The smallest absolute Gasteiger partial charge is 0.247 e. The first-order valence-electron chi connectivity index (χ1n) is 7.54. The molecule has 0 saturated carbocycles. The average molecular weight is 336 g/mol. The van der Waals surface area contributed by atoms with E-state index in [4.69, 9.17) is 0 Å². The second-order valence-corrected chi connectivity index (χ2v) is 7.88. The molecule has 7 nitrogen and oxygen atoms in total. The Morgan fingerprint density at radius 3 is 2.57 bits per heavy atom. The van der Waals surface area contributed by atoms with Gasteiger partial charge in [-0.05, 0) is 25.0 Å². The van der Waals surface area contributed by atoms with Gasteiger partial charge in [-0.2, -0.15) is 5.10 Å². The summed E-state index contributed by atoms with van der Waals surface area (Å²) < 4.78 is 28.0. The quantitative estimate of drug-likeness (QED) is 0.827. The van der Waals surface area contributed by atoms with E-state index in [0.29, 0.717) is 18.9 Å². The van der Waals surface area contributed by atoms with E-state index in [9.17, 15) is 13.2 Å². The van der Waals surface area contributed by atoms with Crippen molar-refractivity contribution in [1.82, 2.24) is 18.7 Å². The van der Waals surface area contributed by atoms with E-state index in [1.54, 1.807) is 11.6 Å². The van der Waals surface area contributed by atoms with Crippen LogP contribution in [0.4, 0.5) is 0 Å². The van der Waals surface area contributed by atoms with E-state index in [1.165, 1.54) is 15.2 Å². The maximum atomic E-state index is 12.4. The Balaban J connectivity index is 2.04. The highest BCUT2D eigenvalue weighted by atomic mass is 32.2. The topological polar surface area (TPSA) is 77.2 Å². The van der Waals surface area contributed by atoms with Gasteiger partial charge in [0.2, 0.25) is 10.0 Å². The molecule has 0 aliphatic carbocycles. The van der Waals surface area contributed by atoms with Crippen molar-refractivity contribution >= 4 is 10.0 Å². The zero-order valence-corrected chi connectivity index (χ0v) is 14.0. The van der Waals surface area contributed by atoms with Crippen molar-refractivity contribution in [3.63, 3.8) is 0 Å². The van der Waals surface area contributed by atoms with Crippen LogP contribution in [0.2, 0.25) is 0 Å². The van der Waals surface area contributed by atoms with Crippen LogP contribution in [-0.4, -0.2) is 46.4 Å². The van der Waals surface area contributed by atoms with E-state index in [-0.39, 0.29) is 11.6 Å². The molecule has 1 saturated heterocycles. The van der Waals surface area contributed by atoms with Gasteiger partial charge in [0, 0.05) is 26.1 Å². The summed E-state index contributed by atoms with van der Waals surface area (Å²) in [6.45, 7) is 0.889. The summed E-state index contributed by atoms with van der Waals surface area (Å²) in [5, 5.41) is 4.37. The lowest BCUT2D eigenvalue weighted by Crippen LogP contribution is -2.39. The van der Waals surface area contributed by atoms with E-state index in [1.807, 2.05) is 30.3 Å². The summed E-state index contributed by atoms with van der Waals surface area (Å²) >= 11 is 0. The molecule has 1 aromatic heterocycles. The van der Waals surface area contributed by atoms with Crippen LogP contribution >= 0.6 is 0 Å². The molecule has 0 spiro atoms. The van der Waals surface area contributed by atoms with Gasteiger partial charge in [-0.25, -0.2) is 26.8 Å². The predicted molar refractivity (Wildman–Crippen MR) is 87.2 cm³/mol. The van der Waals surface area contributed by atoms with Gasteiger partial charge >= 0.3 is 5.69 Å². The second kappa shape index (κ2) is 5.93. The highest BCUT2D eigenvalue weighted by Crippen LogP contribution is 2.27. The average Bonchev–Trinajstić information content (AvgIpc) is 2.83. The minimum atomic E-state index is -3.24. The summed E-state index contributed by atoms with van der Waals surface area (Å²) in [4.78, 5) is 12.4. The predicted octanol–water partition coefficient (Wildman–Crippen LogP) is 0.710. The van der Waals surface area contributed by atoms with Crippen LogP contribution in [0, 0.1) is 0 Å². The number of aryl methyl sites for hydroxylation is 1. The number of nitrogens with zero attached hydrogens (tertiary/aromatic N) is 4. The van der Waals surface area contributed by atoms with Crippen LogP contribution < -0.4 is 5.69 Å². The standard InChI is InChI=1S/C15H20N4O3S/c1-17-15(20)19(13-8-4-3-5-9-13)14(16-17)12-7-6-10-18(11-12)23(2,21)22/h3-5,8-9,12H,6-7,10-11H2,1-2H3. The van der Waals surface area contributed by atoms with Crippen LogP contribution in [0.3, 0.4) is 0 Å². The highest BCUT2D eigenvalue weighted by Gasteiger charge is 2.31. The van der Waals surface area contributed by atoms with Crippen molar-refractivity contribution in [1.29, 1.82) is 0 Å². The van der Waals surface area contributed by atoms with Gasteiger partial charge in [0.05, 0.1) is 11.9 Å². The van der Waals surface area contributed by atoms with E-state index in [0.717, 1.165) is 18.5 Å². The number of aromatic nitrogens is 3. The molecule has 0 N–H and O–H groups in total. The zero-order valence-electron chi connectivity index (χ0n) is 13.2. The van der Waals surface area contributed by atoms with Crippen molar-refractivity contribution in [2.24, 2.45) is 7.05 Å². The molecule has 1 aromatic carbocycles. The molecule has 1 fully saturated rings. The molecule has 3 rings (SSSR count). The minimum absolute atomic E-state index is 0.0902. The molecule has 1 unspecified atom stereocenters. The van der Waals surface area contributed by atoms with Crippen molar-refractivity contribution in [2.75, 3.05) is 19.3 Å². The highest BCUT2D eigenvalue weighted by molar-refractivity contribution is 7.88. The third kappa shape index (κ3) is 3.09. The summed E-state index contributed by atoms with van der Waals surface area (Å²) in [5.74, 6) is 0.532. The normalized spacial score (nSPS) is 19.8. The van der Waals surface area contributed by atoms with Gasteiger partial charge in [-0.3, -0.25) is 0 Å². The number of hydrogen-bond donors (Lipinski definition) is 0. The van der Waals surface area contributed by atoms with Crippen molar-refractivity contribution in [3.8, 4) is 5.69 Å². The molecule has 0 radical (unpaired) electrons. The number of para-hydroxylation sites is 1. The van der Waals surface area contributed by atoms with Gasteiger partial charge in [-0.1, -0.05) is 18.2 Å². The summed E-state index contributed by atoms with van der Waals surface area (Å²) in [7, 11) is -1.62. The lowest BCUT2D eigenvalue weighted by Gasteiger charge is -2.30. The van der Waals surface area contributed by atoms with Crippen LogP contribution in [0.15, 0.2) is 35.1 Å². The molecule has 8 heteroatoms. The van der Waals surface area contributed by atoms with Gasteiger partial charge in [0.25, 0.3) is 0 Å². The van der Waals surface area contributed by atoms with Crippen LogP contribution in [0.5, 0.6) is 0 Å². The number of hydrogen-bond acceptors (Lipinski definition) is 4. The van der Waals surface area contributed by atoms with Crippen LogP contribution in [-0.2, 0) is 17.1 Å². The largest absolute Gasteiger partial charge is 0.350 e. The molecule has 1 aliphatic rings. The lowest BCUT2D eigenvalue weighted by atomic mass is 9.98. The maximum Gasteiger partial charge on any atom is 0.350 e. The monoisotopic (exact) mass is 336 g/mol. The molecule has 124 valence electrons. The second-order valence-electron chi connectivity index (χ2n) is 5.90. The minimum Gasteiger partial charge on any atom is -0.247 e. The Kier molecular flexibility index (Phi) is 4.11. The summed E-state index contributed by atoms with van der Waals surface area (Å²) in [6.07, 6.45) is 2.80. The molecule has 1 atom stereocenters. The zero-order chi connectivity index (χ0) is 16.6. The number of piperidine rings is 1. The van der Waals surface area contributed by atoms with Crippen molar-refractivity contribution in [2.45, 2.75) is 18.8 Å². The molecule has 0 amide bonds. The Labute approximate surface area is 135 Å². The van der Waals surface area contributed by atoms with Crippen LogP contribution in [0.25, 0.3) is 5.69 Å². The van der Waals surface area contributed by atoms with Crippen molar-refractivity contribution in [3.05, 3.63) is 46.6 Å². The fourth-order valence-electron chi connectivity index (χ4n) is 3.02. The molecular formula is C15H20N4O3S.